The van der Waals surface area contributed by atoms with E-state index in [-0.39, 0.29) is 28.0 Å². The average molecular weight is 753 g/mol. The number of hydrogen-bond acceptors (Lipinski definition) is 7. The van der Waals surface area contributed by atoms with E-state index in [1.54, 1.807) is 36.0 Å². The van der Waals surface area contributed by atoms with Gasteiger partial charge < -0.3 is 9.88 Å². The van der Waals surface area contributed by atoms with Gasteiger partial charge in [-0.05, 0) is 83.8 Å². The van der Waals surface area contributed by atoms with Crippen LogP contribution in [0, 0.1) is 16.0 Å². The van der Waals surface area contributed by atoms with E-state index in [9.17, 15) is 28.1 Å². The number of nitrogens with one attached hydrogen (secondary N) is 2. The van der Waals surface area contributed by atoms with Crippen LogP contribution in [-0.2, 0) is 27.1 Å². The number of nitro groups is 1. The van der Waals surface area contributed by atoms with Gasteiger partial charge in [0.2, 0.25) is 5.91 Å². The Kier molecular flexibility index (Phi) is 10.0. The summed E-state index contributed by atoms with van der Waals surface area (Å²) in [5.41, 5.74) is 3.17. The average Bonchev–Trinajstić information content (AvgIpc) is 3.78. The topological polar surface area (TPSA) is 140 Å². The minimum atomic E-state index is -4.26. The normalized spacial score (nSPS) is 13.4. The smallest absolute Gasteiger partial charge is 0.269 e. The maximum atomic E-state index is 13.0. The predicted molar refractivity (Wildman–Crippen MR) is 204 cm³/mol. The quantitative estimate of drug-likeness (QED) is 0.0765. The fourth-order valence-electron chi connectivity index (χ4n) is 6.54. The molecule has 0 aliphatic heterocycles. The number of aromatic nitrogens is 1. The molecule has 52 heavy (non-hydrogen) atoms. The number of amides is 2. The van der Waals surface area contributed by atoms with Crippen molar-refractivity contribution in [3.63, 3.8) is 0 Å². The molecule has 10 nitrogen and oxygen atoms in total. The second-order valence-electron chi connectivity index (χ2n) is 12.7. The van der Waals surface area contributed by atoms with Crippen molar-refractivity contribution in [1.82, 2.24) is 9.29 Å². The van der Waals surface area contributed by atoms with Crippen LogP contribution in [0.25, 0.3) is 21.7 Å². The SMILES string of the molecule is O=C(NS(=O)(=O)c1ccc([N+](=O)[O-])cc1)c1ccc(Cn2c(CSc3ccc4ccccc4c3)c(Cl)c3cc(NC(=O)C4CCCC4)ccc32)cc1. The Balaban J connectivity index is 1.14. The second kappa shape index (κ2) is 14.8. The van der Waals surface area contributed by atoms with Crippen LogP contribution in [0.3, 0.4) is 0 Å². The zero-order valence-electron chi connectivity index (χ0n) is 27.8. The Morgan fingerprint density at radius 1 is 0.885 bits per heavy atom. The minimum Gasteiger partial charge on any atom is -0.338 e. The van der Waals surface area contributed by atoms with E-state index in [0.717, 1.165) is 87.8 Å². The molecule has 2 N–H and O–H groups in total. The van der Waals surface area contributed by atoms with E-state index in [1.807, 2.05) is 35.1 Å². The van der Waals surface area contributed by atoms with E-state index in [0.29, 0.717) is 23.0 Å². The predicted octanol–water partition coefficient (Wildman–Crippen LogP) is 8.94. The van der Waals surface area contributed by atoms with E-state index in [1.165, 1.54) is 0 Å². The van der Waals surface area contributed by atoms with Crippen LogP contribution >= 0.6 is 23.4 Å². The van der Waals surface area contributed by atoms with Gasteiger partial charge in [-0.25, -0.2) is 13.1 Å². The van der Waals surface area contributed by atoms with Gasteiger partial charge in [-0.3, -0.25) is 19.7 Å². The molecule has 0 saturated heterocycles. The molecular weight excluding hydrogens is 720 g/mol. The summed E-state index contributed by atoms with van der Waals surface area (Å²) < 4.78 is 29.8. The van der Waals surface area contributed by atoms with Gasteiger partial charge in [0.1, 0.15) is 0 Å². The number of hydrogen-bond donors (Lipinski definition) is 2. The Hall–Kier alpha value is -5.17. The third-order valence-corrected chi connectivity index (χ3v) is 12.1. The summed E-state index contributed by atoms with van der Waals surface area (Å²) in [4.78, 5) is 37.0. The van der Waals surface area contributed by atoms with Crippen molar-refractivity contribution in [2.45, 2.75) is 47.8 Å². The summed E-state index contributed by atoms with van der Waals surface area (Å²) in [5.74, 6) is -0.211. The van der Waals surface area contributed by atoms with Gasteiger partial charge in [0.05, 0.1) is 20.4 Å². The van der Waals surface area contributed by atoms with Crippen molar-refractivity contribution in [1.29, 1.82) is 0 Å². The Morgan fingerprint density at radius 2 is 1.60 bits per heavy atom. The van der Waals surface area contributed by atoms with E-state index >= 15 is 0 Å². The number of fused-ring (bicyclic) bond motifs is 2. The number of non-ortho nitro benzene ring substituents is 1. The molecule has 1 aliphatic carbocycles. The van der Waals surface area contributed by atoms with Crippen LogP contribution in [0.4, 0.5) is 11.4 Å². The highest BCUT2D eigenvalue weighted by Crippen LogP contribution is 2.38. The molecule has 2 amide bonds. The number of rotatable bonds is 11. The van der Waals surface area contributed by atoms with Crippen molar-refractivity contribution in [2.24, 2.45) is 5.92 Å². The molecule has 7 rings (SSSR count). The van der Waals surface area contributed by atoms with Crippen molar-refractivity contribution >= 4 is 78.3 Å². The third-order valence-electron chi connectivity index (χ3n) is 9.33. The molecule has 0 spiro atoms. The number of sulfonamides is 1. The van der Waals surface area contributed by atoms with Crippen LogP contribution in [0.1, 0.15) is 47.3 Å². The molecule has 1 aliphatic rings. The molecule has 0 atom stereocenters. The summed E-state index contributed by atoms with van der Waals surface area (Å²) in [6, 6.07) is 31.2. The lowest BCUT2D eigenvalue weighted by atomic mass is 10.1. The molecule has 6 aromatic rings. The fraction of sp³-hybridized carbons (Fsp3) is 0.179. The highest BCUT2D eigenvalue weighted by Gasteiger charge is 2.24. The van der Waals surface area contributed by atoms with Gasteiger partial charge in [-0.2, -0.15) is 0 Å². The summed E-state index contributed by atoms with van der Waals surface area (Å²) in [7, 11) is -4.26. The first-order valence-corrected chi connectivity index (χ1v) is 19.5. The lowest BCUT2D eigenvalue weighted by molar-refractivity contribution is -0.384. The minimum absolute atomic E-state index is 0.0251. The van der Waals surface area contributed by atoms with Crippen molar-refractivity contribution < 1.29 is 22.9 Å². The molecule has 1 heterocycles. The van der Waals surface area contributed by atoms with Gasteiger partial charge in [0.15, 0.2) is 0 Å². The molecule has 1 aromatic heterocycles. The molecular formula is C39H33ClN4O6S2. The third kappa shape index (κ3) is 7.55. The van der Waals surface area contributed by atoms with Gasteiger partial charge in [-0.15, -0.1) is 11.8 Å². The zero-order chi connectivity index (χ0) is 36.4. The molecule has 264 valence electrons. The zero-order valence-corrected chi connectivity index (χ0v) is 30.1. The molecule has 0 unspecified atom stereocenters. The van der Waals surface area contributed by atoms with Crippen LogP contribution in [0.15, 0.2) is 119 Å². The number of carbonyl (C=O) groups is 2. The fourth-order valence-corrected chi connectivity index (χ4v) is 8.89. The van der Waals surface area contributed by atoms with Crippen LogP contribution in [0.2, 0.25) is 5.02 Å². The van der Waals surface area contributed by atoms with E-state index in [4.69, 9.17) is 11.6 Å². The summed E-state index contributed by atoms with van der Waals surface area (Å²) in [6.07, 6.45) is 3.93. The van der Waals surface area contributed by atoms with Crippen molar-refractivity contribution in [3.8, 4) is 0 Å². The van der Waals surface area contributed by atoms with Gasteiger partial charge in [0.25, 0.3) is 21.6 Å². The lowest BCUT2D eigenvalue weighted by Gasteiger charge is -2.13. The number of thioether (sulfide) groups is 1. The summed E-state index contributed by atoms with van der Waals surface area (Å²) >= 11 is 8.81. The monoisotopic (exact) mass is 752 g/mol. The standard InChI is InChI=1S/C39H33ClN4O6S2/c40-37-34-22-30(41-38(45)27-6-2-3-7-27)14-20-35(34)43(36(37)24-51-32-17-13-26-5-1-4-8-29(26)21-32)23-25-9-11-28(12-10-25)39(46)42-52(49,50)33-18-15-31(16-19-33)44(47)48/h1,4-5,8-22,27H,2-3,6-7,23-24H2,(H,41,45)(H,42,46). The first-order chi connectivity index (χ1) is 25.1. The molecule has 5 aromatic carbocycles. The summed E-state index contributed by atoms with van der Waals surface area (Å²) in [6.45, 7) is 0.410. The van der Waals surface area contributed by atoms with Gasteiger partial charge >= 0.3 is 0 Å². The Labute approximate surface area is 309 Å². The number of nitrogens with zero attached hydrogens (tertiary/aromatic N) is 2. The Bertz CT molecular complexity index is 2440. The van der Waals surface area contributed by atoms with Crippen LogP contribution < -0.4 is 10.0 Å². The molecule has 1 fully saturated rings. The van der Waals surface area contributed by atoms with E-state index < -0.39 is 20.9 Å². The highest BCUT2D eigenvalue weighted by molar-refractivity contribution is 7.98. The second-order valence-corrected chi connectivity index (χ2v) is 15.8. The largest absolute Gasteiger partial charge is 0.338 e. The maximum absolute atomic E-state index is 13.0. The summed E-state index contributed by atoms with van der Waals surface area (Å²) in [5, 5.41) is 17.7. The van der Waals surface area contributed by atoms with Crippen LogP contribution in [0.5, 0.6) is 0 Å². The molecule has 0 bridgehead atoms. The number of anilines is 1. The Morgan fingerprint density at radius 3 is 2.31 bits per heavy atom. The van der Waals surface area contributed by atoms with Crippen molar-refractivity contribution in [3.05, 3.63) is 141 Å². The first kappa shape index (κ1) is 35.2. The van der Waals surface area contributed by atoms with Gasteiger partial charge in [0, 0.05) is 57.6 Å². The molecule has 13 heteroatoms. The van der Waals surface area contributed by atoms with Crippen LogP contribution in [-0.4, -0.2) is 29.7 Å². The number of carbonyl (C=O) groups excluding carboxylic acids is 2. The molecule has 0 radical (unpaired) electrons. The van der Waals surface area contributed by atoms with E-state index in [2.05, 4.69) is 40.2 Å². The maximum Gasteiger partial charge on any atom is 0.269 e. The lowest BCUT2D eigenvalue weighted by Crippen LogP contribution is -2.30. The molecule has 1 saturated carbocycles. The first-order valence-electron chi connectivity index (χ1n) is 16.7. The van der Waals surface area contributed by atoms with Gasteiger partial charge in [-0.1, -0.05) is 66.9 Å². The van der Waals surface area contributed by atoms with Crippen molar-refractivity contribution in [2.75, 3.05) is 5.32 Å². The highest BCUT2D eigenvalue weighted by atomic mass is 35.5. The number of halogens is 1. The number of nitro benzene ring substituents is 1. The number of benzene rings is 5.